The van der Waals surface area contributed by atoms with Crippen LogP contribution in [0.1, 0.15) is 24.0 Å². The van der Waals surface area contributed by atoms with Crippen molar-refractivity contribution in [3.8, 4) is 0 Å². The summed E-state index contributed by atoms with van der Waals surface area (Å²) >= 11 is 0. The maximum absolute atomic E-state index is 13.4. The van der Waals surface area contributed by atoms with Crippen LogP contribution in [0.3, 0.4) is 0 Å². The molecule has 9 N–H and O–H groups in total. The summed E-state index contributed by atoms with van der Waals surface area (Å²) in [4.78, 5) is 64.8. The molecule has 218 valence electrons. The van der Waals surface area contributed by atoms with Crippen LogP contribution >= 0.6 is 0 Å². The molecule has 3 aromatic rings. The highest BCUT2D eigenvalue weighted by Crippen LogP contribution is 2.19. The van der Waals surface area contributed by atoms with Gasteiger partial charge in [-0.25, -0.2) is 4.79 Å². The van der Waals surface area contributed by atoms with E-state index in [0.717, 1.165) is 16.5 Å². The van der Waals surface area contributed by atoms with Crippen LogP contribution in [0, 0.1) is 0 Å². The fourth-order valence-electron chi connectivity index (χ4n) is 4.23. The molecular formula is C28H33N5O8. The maximum atomic E-state index is 13.4. The van der Waals surface area contributed by atoms with Gasteiger partial charge in [0.05, 0.1) is 12.6 Å². The van der Waals surface area contributed by atoms with Gasteiger partial charge >= 0.3 is 11.9 Å². The third-order valence-electron chi connectivity index (χ3n) is 6.44. The normalized spacial score (nSPS) is 13.9. The number of nitrogens with two attached hydrogens (primary N) is 1. The minimum Gasteiger partial charge on any atom is -0.481 e. The number of aliphatic hydroxyl groups excluding tert-OH is 1. The van der Waals surface area contributed by atoms with Crippen molar-refractivity contribution < 1.29 is 39.3 Å². The zero-order chi connectivity index (χ0) is 29.9. The zero-order valence-corrected chi connectivity index (χ0v) is 22.1. The Balaban J connectivity index is 1.77. The lowest BCUT2D eigenvalue weighted by Crippen LogP contribution is -2.58. The van der Waals surface area contributed by atoms with E-state index in [-0.39, 0.29) is 19.3 Å². The highest BCUT2D eigenvalue weighted by molar-refractivity contribution is 5.94. The summed E-state index contributed by atoms with van der Waals surface area (Å²) < 4.78 is 0. The number of amides is 3. The molecule has 1 heterocycles. The highest BCUT2D eigenvalue weighted by Gasteiger charge is 2.31. The largest absolute Gasteiger partial charge is 0.481 e. The number of hydrogen-bond donors (Lipinski definition) is 8. The molecule has 4 unspecified atom stereocenters. The number of carbonyl (C=O) groups excluding carboxylic acids is 3. The van der Waals surface area contributed by atoms with Crippen LogP contribution in [0.25, 0.3) is 10.9 Å². The first-order valence-corrected chi connectivity index (χ1v) is 12.9. The van der Waals surface area contributed by atoms with Gasteiger partial charge in [-0.2, -0.15) is 0 Å². The summed E-state index contributed by atoms with van der Waals surface area (Å²) in [6.07, 6.45) is 1.09. The average Bonchev–Trinajstić information content (AvgIpc) is 3.36. The van der Waals surface area contributed by atoms with Crippen molar-refractivity contribution in [1.82, 2.24) is 20.9 Å². The molecule has 3 rings (SSSR count). The van der Waals surface area contributed by atoms with Gasteiger partial charge in [0.1, 0.15) is 18.1 Å². The number of hydrogen-bond acceptors (Lipinski definition) is 7. The van der Waals surface area contributed by atoms with Gasteiger partial charge in [-0.3, -0.25) is 19.2 Å². The smallest absolute Gasteiger partial charge is 0.328 e. The van der Waals surface area contributed by atoms with Gasteiger partial charge < -0.3 is 42.0 Å². The maximum Gasteiger partial charge on any atom is 0.328 e. The van der Waals surface area contributed by atoms with Gasteiger partial charge in [0, 0.05) is 29.9 Å². The number of aliphatic carboxylic acids is 2. The monoisotopic (exact) mass is 567 g/mol. The number of aliphatic hydroxyl groups is 1. The molecule has 1 aromatic heterocycles. The van der Waals surface area contributed by atoms with Gasteiger partial charge in [-0.05, 0) is 30.0 Å². The Morgan fingerprint density at radius 3 is 2.05 bits per heavy atom. The lowest BCUT2D eigenvalue weighted by Gasteiger charge is -2.25. The summed E-state index contributed by atoms with van der Waals surface area (Å²) in [6, 6.07) is 10.9. The van der Waals surface area contributed by atoms with Crippen LogP contribution in [0.2, 0.25) is 0 Å². The number of aromatic amines is 1. The molecule has 4 atom stereocenters. The number of carbonyl (C=O) groups is 5. The van der Waals surface area contributed by atoms with Crippen molar-refractivity contribution in [3.63, 3.8) is 0 Å². The lowest BCUT2D eigenvalue weighted by atomic mass is 10.0. The van der Waals surface area contributed by atoms with Crippen LogP contribution in [-0.4, -0.2) is 80.7 Å². The molecule has 13 heteroatoms. The fourth-order valence-corrected chi connectivity index (χ4v) is 4.23. The van der Waals surface area contributed by atoms with Crippen molar-refractivity contribution in [2.24, 2.45) is 5.73 Å². The van der Waals surface area contributed by atoms with E-state index in [2.05, 4.69) is 20.9 Å². The first kappa shape index (κ1) is 30.8. The minimum atomic E-state index is -1.66. The Hall–Kier alpha value is -4.75. The quantitative estimate of drug-likeness (QED) is 0.120. The number of H-pyrrole nitrogens is 1. The molecule has 0 saturated heterocycles. The molecule has 0 saturated carbocycles. The molecule has 0 aliphatic heterocycles. The molecular weight excluding hydrogens is 534 g/mol. The third kappa shape index (κ3) is 8.88. The number of rotatable bonds is 15. The Bertz CT molecular complexity index is 1380. The molecule has 13 nitrogen and oxygen atoms in total. The van der Waals surface area contributed by atoms with E-state index in [9.17, 15) is 29.1 Å². The molecule has 3 amide bonds. The fraction of sp³-hybridized carbons (Fsp3) is 0.321. The van der Waals surface area contributed by atoms with Gasteiger partial charge in [-0.1, -0.05) is 48.5 Å². The van der Waals surface area contributed by atoms with E-state index in [4.69, 9.17) is 15.9 Å². The van der Waals surface area contributed by atoms with Gasteiger partial charge in [0.15, 0.2) is 0 Å². The second kappa shape index (κ2) is 14.6. The van der Waals surface area contributed by atoms with Crippen LogP contribution in [0.5, 0.6) is 0 Å². The number of carboxylic acids is 2. The topological polar surface area (TPSA) is 224 Å². The summed E-state index contributed by atoms with van der Waals surface area (Å²) in [5.41, 5.74) is 8.59. The van der Waals surface area contributed by atoms with Crippen molar-refractivity contribution in [2.75, 3.05) is 6.61 Å². The summed E-state index contributed by atoms with van der Waals surface area (Å²) in [6.45, 7) is -0.915. The van der Waals surface area contributed by atoms with E-state index in [1.165, 1.54) is 0 Å². The summed E-state index contributed by atoms with van der Waals surface area (Å²) in [5, 5.41) is 35.5. The standard InChI is InChI=1S/C28H33N5O8/c29-19(13-17-14-30-20-9-5-4-8-18(17)20)25(37)32-22(12-16-6-2-1-3-7-16)27(39)31-21(10-11-24(35)36)26(38)33-23(15-34)28(40)41/h1-9,14,19,21-23,30,34H,10-13,15,29H2,(H,31,39)(H,32,37)(H,33,38)(H,35,36)(H,40,41). The van der Waals surface area contributed by atoms with Crippen molar-refractivity contribution >= 4 is 40.6 Å². The van der Waals surface area contributed by atoms with Crippen LogP contribution < -0.4 is 21.7 Å². The first-order chi connectivity index (χ1) is 19.6. The second-order valence-electron chi connectivity index (χ2n) is 9.50. The number of para-hydroxylation sites is 1. The molecule has 41 heavy (non-hydrogen) atoms. The van der Waals surface area contributed by atoms with E-state index in [1.54, 1.807) is 36.5 Å². The number of benzene rings is 2. The Labute approximate surface area is 235 Å². The molecule has 0 radical (unpaired) electrons. The van der Waals surface area contributed by atoms with Gasteiger partial charge in [-0.15, -0.1) is 0 Å². The van der Waals surface area contributed by atoms with Gasteiger partial charge in [0.25, 0.3) is 0 Å². The van der Waals surface area contributed by atoms with E-state index in [1.807, 2.05) is 24.3 Å². The SMILES string of the molecule is NC(Cc1c[nH]c2ccccc12)C(=O)NC(Cc1ccccc1)C(=O)NC(CCC(=O)O)C(=O)NC(CO)C(=O)O. The highest BCUT2D eigenvalue weighted by atomic mass is 16.4. The molecule has 0 fully saturated rings. The van der Waals surface area contributed by atoms with E-state index in [0.29, 0.717) is 5.56 Å². The third-order valence-corrected chi connectivity index (χ3v) is 6.44. The molecule has 0 aliphatic rings. The first-order valence-electron chi connectivity index (χ1n) is 12.9. The number of carboxylic acid groups (broad SMARTS) is 2. The number of nitrogens with one attached hydrogen (secondary N) is 4. The molecule has 0 spiro atoms. The van der Waals surface area contributed by atoms with E-state index >= 15 is 0 Å². The Morgan fingerprint density at radius 2 is 1.39 bits per heavy atom. The minimum absolute atomic E-state index is 0.0277. The lowest BCUT2D eigenvalue weighted by molar-refractivity contribution is -0.144. The van der Waals surface area contributed by atoms with Crippen LogP contribution in [0.15, 0.2) is 60.8 Å². The second-order valence-corrected chi connectivity index (χ2v) is 9.50. The van der Waals surface area contributed by atoms with Crippen molar-refractivity contribution in [2.45, 2.75) is 49.9 Å². The van der Waals surface area contributed by atoms with Crippen molar-refractivity contribution in [3.05, 3.63) is 71.9 Å². The summed E-state index contributed by atoms with van der Waals surface area (Å²) in [5.74, 6) is -5.18. The zero-order valence-electron chi connectivity index (χ0n) is 22.1. The predicted molar refractivity (Wildman–Crippen MR) is 148 cm³/mol. The van der Waals surface area contributed by atoms with Crippen molar-refractivity contribution in [1.29, 1.82) is 0 Å². The Morgan fingerprint density at radius 1 is 0.780 bits per heavy atom. The molecule has 2 aromatic carbocycles. The Kier molecular flexibility index (Phi) is 11.0. The summed E-state index contributed by atoms with van der Waals surface area (Å²) in [7, 11) is 0. The van der Waals surface area contributed by atoms with E-state index < -0.39 is 66.9 Å². The number of aromatic nitrogens is 1. The van der Waals surface area contributed by atoms with Crippen LogP contribution in [-0.2, 0) is 36.8 Å². The molecule has 0 bridgehead atoms. The molecule has 0 aliphatic carbocycles. The van der Waals surface area contributed by atoms with Crippen LogP contribution in [0.4, 0.5) is 0 Å². The van der Waals surface area contributed by atoms with Gasteiger partial charge in [0.2, 0.25) is 17.7 Å². The predicted octanol–water partition coefficient (Wildman–Crippen LogP) is -0.323. The number of fused-ring (bicyclic) bond motifs is 1. The average molecular weight is 568 g/mol.